The van der Waals surface area contributed by atoms with Crippen molar-refractivity contribution >= 4 is 11.9 Å². The van der Waals surface area contributed by atoms with Crippen LogP contribution in [-0.4, -0.2) is 25.2 Å². The van der Waals surface area contributed by atoms with E-state index in [0.717, 1.165) is 41.4 Å². The highest BCUT2D eigenvalue weighted by atomic mass is 16.6. The van der Waals surface area contributed by atoms with E-state index in [2.05, 4.69) is 13.2 Å². The average molecular weight is 392 g/mol. The van der Waals surface area contributed by atoms with Crippen molar-refractivity contribution < 1.29 is 23.8 Å². The van der Waals surface area contributed by atoms with Gasteiger partial charge in [0.15, 0.2) is 0 Å². The Balaban J connectivity index is 1.47. The fourth-order valence-corrected chi connectivity index (χ4v) is 3.01. The van der Waals surface area contributed by atoms with E-state index in [4.69, 9.17) is 14.2 Å². The summed E-state index contributed by atoms with van der Waals surface area (Å²) in [4.78, 5) is 22.4. The largest absolute Gasteiger partial charge is 0.494 e. The molecule has 1 saturated heterocycles. The van der Waals surface area contributed by atoms with Gasteiger partial charge in [-0.3, -0.25) is 0 Å². The molecule has 5 heteroatoms. The van der Waals surface area contributed by atoms with Gasteiger partial charge in [0, 0.05) is 18.1 Å². The lowest BCUT2D eigenvalue weighted by atomic mass is 10.00. The zero-order valence-electron chi connectivity index (χ0n) is 16.3. The Labute approximate surface area is 170 Å². The first-order valence-corrected chi connectivity index (χ1v) is 9.58. The summed E-state index contributed by atoms with van der Waals surface area (Å²) in [6, 6.07) is 15.9. The van der Waals surface area contributed by atoms with Crippen molar-refractivity contribution in [3.63, 3.8) is 0 Å². The minimum Gasteiger partial charge on any atom is -0.494 e. The Kier molecular flexibility index (Phi) is 6.85. The molecule has 0 saturated carbocycles. The highest BCUT2D eigenvalue weighted by molar-refractivity contribution is 5.90. The van der Waals surface area contributed by atoms with Crippen LogP contribution < -0.4 is 4.74 Å². The molecule has 1 unspecified atom stereocenters. The van der Waals surface area contributed by atoms with Crippen LogP contribution in [0.15, 0.2) is 73.3 Å². The lowest BCUT2D eigenvalue weighted by Crippen LogP contribution is -2.04. The number of ether oxygens (including phenoxy) is 3. The van der Waals surface area contributed by atoms with E-state index in [0.29, 0.717) is 25.2 Å². The number of rotatable bonds is 9. The molecule has 150 valence electrons. The van der Waals surface area contributed by atoms with Crippen LogP contribution in [0.4, 0.5) is 0 Å². The van der Waals surface area contributed by atoms with Crippen molar-refractivity contribution in [1.29, 1.82) is 0 Å². The van der Waals surface area contributed by atoms with E-state index in [1.807, 2.05) is 48.5 Å². The summed E-state index contributed by atoms with van der Waals surface area (Å²) < 4.78 is 16.0. The summed E-state index contributed by atoms with van der Waals surface area (Å²) in [5.41, 5.74) is 3.65. The number of cyclic esters (lactones) is 1. The number of hydrogen-bond donors (Lipinski definition) is 0. The number of carbonyl (C=O) groups excluding carboxylic acids is 2. The zero-order valence-corrected chi connectivity index (χ0v) is 16.3. The van der Waals surface area contributed by atoms with Gasteiger partial charge in [-0.1, -0.05) is 49.6 Å². The third-order valence-corrected chi connectivity index (χ3v) is 4.66. The standard InChI is InChI=1S/C24H24O5/c1-3-23(25)28-15-5-4-14-27-21-12-10-19(11-13-21)18-6-8-20(9-7-18)22-16-17(2)24(26)29-22/h3,6-13,22H,1-2,4-5,14-16H2. The number of carbonyl (C=O) groups is 2. The number of unbranched alkanes of at least 4 members (excludes halogenated alkanes) is 1. The minimum absolute atomic E-state index is 0.236. The van der Waals surface area contributed by atoms with Crippen molar-refractivity contribution in [1.82, 2.24) is 0 Å². The molecule has 1 aliphatic rings. The van der Waals surface area contributed by atoms with Crippen LogP contribution in [0.1, 0.15) is 30.9 Å². The SMILES string of the molecule is C=CC(=O)OCCCCOc1ccc(-c2ccc(C3CC(=C)C(=O)O3)cc2)cc1. The third kappa shape index (κ3) is 5.57. The lowest BCUT2D eigenvalue weighted by molar-refractivity contribution is -0.139. The molecule has 0 bridgehead atoms. The lowest BCUT2D eigenvalue weighted by Gasteiger charge is -2.11. The molecule has 2 aromatic rings. The Morgan fingerprint density at radius 1 is 1.03 bits per heavy atom. The third-order valence-electron chi connectivity index (χ3n) is 4.66. The summed E-state index contributed by atoms with van der Waals surface area (Å²) in [6.07, 6.45) is 3.01. The molecule has 0 amide bonds. The molecule has 3 rings (SSSR count). The van der Waals surface area contributed by atoms with Crippen LogP contribution >= 0.6 is 0 Å². The molecule has 0 radical (unpaired) electrons. The van der Waals surface area contributed by atoms with Gasteiger partial charge >= 0.3 is 11.9 Å². The highest BCUT2D eigenvalue weighted by Gasteiger charge is 2.28. The second-order valence-electron chi connectivity index (χ2n) is 6.78. The van der Waals surface area contributed by atoms with Crippen LogP contribution in [0.25, 0.3) is 11.1 Å². The molecule has 1 fully saturated rings. The fourth-order valence-electron chi connectivity index (χ4n) is 3.01. The van der Waals surface area contributed by atoms with E-state index >= 15 is 0 Å². The molecule has 0 spiro atoms. The minimum atomic E-state index is -0.399. The second kappa shape index (κ2) is 9.73. The topological polar surface area (TPSA) is 61.8 Å². The molecule has 0 aliphatic carbocycles. The summed E-state index contributed by atoms with van der Waals surface area (Å²) in [5, 5.41) is 0. The van der Waals surface area contributed by atoms with Crippen molar-refractivity contribution in [3.05, 3.63) is 78.9 Å². The Morgan fingerprint density at radius 2 is 1.66 bits per heavy atom. The van der Waals surface area contributed by atoms with E-state index in [1.54, 1.807) is 0 Å². The monoisotopic (exact) mass is 392 g/mol. The summed E-state index contributed by atoms with van der Waals surface area (Å²) in [5.74, 6) is 0.0848. The smallest absolute Gasteiger partial charge is 0.334 e. The van der Waals surface area contributed by atoms with Crippen LogP contribution in [0.5, 0.6) is 5.75 Å². The Hall–Kier alpha value is -3.34. The van der Waals surface area contributed by atoms with E-state index in [-0.39, 0.29) is 12.1 Å². The van der Waals surface area contributed by atoms with Crippen molar-refractivity contribution in [2.24, 2.45) is 0 Å². The second-order valence-corrected chi connectivity index (χ2v) is 6.78. The molecule has 1 aliphatic heterocycles. The molecular weight excluding hydrogens is 368 g/mol. The van der Waals surface area contributed by atoms with Crippen molar-refractivity contribution in [2.45, 2.75) is 25.4 Å². The van der Waals surface area contributed by atoms with Gasteiger partial charge in [0.25, 0.3) is 0 Å². The average Bonchev–Trinajstić information content (AvgIpc) is 3.09. The van der Waals surface area contributed by atoms with Gasteiger partial charge in [0.2, 0.25) is 0 Å². The van der Waals surface area contributed by atoms with Crippen LogP contribution in [-0.2, 0) is 19.1 Å². The molecule has 0 N–H and O–H groups in total. The molecular formula is C24H24O5. The van der Waals surface area contributed by atoms with E-state index in [1.165, 1.54) is 0 Å². The van der Waals surface area contributed by atoms with E-state index < -0.39 is 5.97 Å². The summed E-state index contributed by atoms with van der Waals surface area (Å²) in [7, 11) is 0. The van der Waals surface area contributed by atoms with E-state index in [9.17, 15) is 9.59 Å². The first-order valence-electron chi connectivity index (χ1n) is 9.58. The number of esters is 2. The maximum Gasteiger partial charge on any atom is 0.334 e. The quantitative estimate of drug-likeness (QED) is 0.349. The fraction of sp³-hybridized carbons (Fsp3) is 0.250. The Bertz CT molecular complexity index is 864. The summed E-state index contributed by atoms with van der Waals surface area (Å²) in [6.45, 7) is 8.01. The maximum atomic E-state index is 11.5. The van der Waals surface area contributed by atoms with Crippen LogP contribution in [0.3, 0.4) is 0 Å². The first kappa shape index (κ1) is 20.4. The van der Waals surface area contributed by atoms with Crippen molar-refractivity contribution in [3.8, 4) is 16.9 Å². The summed E-state index contributed by atoms with van der Waals surface area (Å²) >= 11 is 0. The first-order chi connectivity index (χ1) is 14.1. The number of hydrogen-bond acceptors (Lipinski definition) is 5. The van der Waals surface area contributed by atoms with Gasteiger partial charge in [-0.25, -0.2) is 9.59 Å². The van der Waals surface area contributed by atoms with Gasteiger partial charge < -0.3 is 14.2 Å². The van der Waals surface area contributed by atoms with Gasteiger partial charge in [-0.05, 0) is 41.7 Å². The zero-order chi connectivity index (χ0) is 20.6. The molecule has 5 nitrogen and oxygen atoms in total. The van der Waals surface area contributed by atoms with Crippen molar-refractivity contribution in [2.75, 3.05) is 13.2 Å². The normalized spacial score (nSPS) is 15.7. The Morgan fingerprint density at radius 3 is 2.24 bits per heavy atom. The molecule has 2 aromatic carbocycles. The molecule has 0 aromatic heterocycles. The van der Waals surface area contributed by atoms with Gasteiger partial charge in [0.05, 0.1) is 13.2 Å². The van der Waals surface area contributed by atoms with Gasteiger partial charge in [-0.15, -0.1) is 0 Å². The predicted molar refractivity (Wildman–Crippen MR) is 110 cm³/mol. The van der Waals surface area contributed by atoms with Gasteiger partial charge in [-0.2, -0.15) is 0 Å². The number of benzene rings is 2. The van der Waals surface area contributed by atoms with Gasteiger partial charge in [0.1, 0.15) is 11.9 Å². The molecule has 29 heavy (non-hydrogen) atoms. The predicted octanol–water partition coefficient (Wildman–Crippen LogP) is 4.79. The molecule has 1 heterocycles. The van der Waals surface area contributed by atoms with Crippen LogP contribution in [0.2, 0.25) is 0 Å². The van der Waals surface area contributed by atoms with Crippen LogP contribution in [0, 0.1) is 0 Å². The molecule has 1 atom stereocenters. The highest BCUT2D eigenvalue weighted by Crippen LogP contribution is 2.33. The maximum absolute atomic E-state index is 11.5.